The van der Waals surface area contributed by atoms with Gasteiger partial charge >= 0.3 is 0 Å². The van der Waals surface area contributed by atoms with Crippen LogP contribution in [0.15, 0.2) is 0 Å². The summed E-state index contributed by atoms with van der Waals surface area (Å²) in [5, 5.41) is 0.491. The molecule has 0 radical (unpaired) electrons. The van der Waals surface area contributed by atoms with Gasteiger partial charge in [0.25, 0.3) is 5.91 Å². The maximum Gasteiger partial charge on any atom is 0.266 e. The second kappa shape index (κ2) is 3.45. The molecule has 1 aliphatic carbocycles. The largest absolute Gasteiger partial charge is 0.375 e. The van der Waals surface area contributed by atoms with E-state index >= 15 is 0 Å². The van der Waals surface area contributed by atoms with E-state index in [0.717, 1.165) is 23.0 Å². The summed E-state index contributed by atoms with van der Waals surface area (Å²) in [6.45, 7) is 2.79. The molecule has 2 aliphatic rings. The van der Waals surface area contributed by atoms with Crippen LogP contribution in [0.4, 0.5) is 5.13 Å². The first-order valence-corrected chi connectivity index (χ1v) is 6.50. The van der Waals surface area contributed by atoms with E-state index in [1.54, 1.807) is 0 Å². The summed E-state index contributed by atoms with van der Waals surface area (Å²) in [5.41, 5.74) is 6.40. The Kier molecular flexibility index (Phi) is 2.17. The summed E-state index contributed by atoms with van der Waals surface area (Å²) >= 11 is 1.31. The van der Waals surface area contributed by atoms with Crippen LogP contribution < -0.4 is 5.73 Å². The number of amides is 1. The number of carbonyl (C=O) groups is 1. The smallest absolute Gasteiger partial charge is 0.266 e. The van der Waals surface area contributed by atoms with Crippen molar-refractivity contribution in [3.63, 3.8) is 0 Å². The monoisotopic (exact) mass is 237 g/mol. The van der Waals surface area contributed by atoms with Crippen LogP contribution in [0.1, 0.15) is 34.6 Å². The van der Waals surface area contributed by atoms with E-state index in [1.165, 1.54) is 30.6 Å². The molecule has 2 atom stereocenters. The van der Waals surface area contributed by atoms with Gasteiger partial charge in [-0.15, -0.1) is 0 Å². The van der Waals surface area contributed by atoms with Crippen molar-refractivity contribution in [1.82, 2.24) is 9.88 Å². The highest BCUT2D eigenvalue weighted by Gasteiger charge is 2.41. The molecule has 4 nitrogen and oxygen atoms in total. The van der Waals surface area contributed by atoms with Crippen molar-refractivity contribution in [2.24, 2.45) is 5.92 Å². The Morgan fingerprint density at radius 1 is 1.56 bits per heavy atom. The lowest BCUT2D eigenvalue weighted by Gasteiger charge is -2.26. The van der Waals surface area contributed by atoms with Crippen LogP contribution in [-0.4, -0.2) is 28.4 Å². The van der Waals surface area contributed by atoms with E-state index in [2.05, 4.69) is 4.98 Å². The second-order valence-corrected chi connectivity index (χ2v) is 5.79. The molecular formula is C11H15N3OS. The van der Waals surface area contributed by atoms with E-state index in [0.29, 0.717) is 11.2 Å². The van der Waals surface area contributed by atoms with Crippen molar-refractivity contribution in [3.05, 3.63) is 10.6 Å². The van der Waals surface area contributed by atoms with Crippen LogP contribution in [0.3, 0.4) is 0 Å². The standard InChI is InChI=1S/C11H15N3OS/c1-6-9(16-11(12)13-6)10(15)14-5-7-2-3-8(14)4-7/h7-8H,2-5H2,1H3,(H2,12,13). The molecule has 0 aromatic carbocycles. The molecule has 16 heavy (non-hydrogen) atoms. The maximum atomic E-state index is 12.3. The fraction of sp³-hybridized carbons (Fsp3) is 0.636. The van der Waals surface area contributed by atoms with Crippen molar-refractivity contribution in [3.8, 4) is 0 Å². The zero-order valence-corrected chi connectivity index (χ0v) is 10.1. The Labute approximate surface area is 98.5 Å². The molecule has 3 rings (SSSR count). The quantitative estimate of drug-likeness (QED) is 0.808. The summed E-state index contributed by atoms with van der Waals surface area (Å²) in [6.07, 6.45) is 3.65. The summed E-state index contributed by atoms with van der Waals surface area (Å²) in [4.78, 5) is 19.2. The fourth-order valence-electron chi connectivity index (χ4n) is 2.92. The van der Waals surface area contributed by atoms with Gasteiger partial charge in [-0.1, -0.05) is 11.3 Å². The van der Waals surface area contributed by atoms with Crippen LogP contribution in [0.25, 0.3) is 0 Å². The summed E-state index contributed by atoms with van der Waals surface area (Å²) < 4.78 is 0. The lowest BCUT2D eigenvalue weighted by molar-refractivity contribution is 0.0707. The Morgan fingerprint density at radius 2 is 2.38 bits per heavy atom. The van der Waals surface area contributed by atoms with E-state index in [1.807, 2.05) is 11.8 Å². The average Bonchev–Trinajstić information content (AvgIpc) is 2.91. The number of piperidine rings is 1. The number of fused-ring (bicyclic) bond motifs is 2. The number of carbonyl (C=O) groups excluding carboxylic acids is 1. The fourth-order valence-corrected chi connectivity index (χ4v) is 3.71. The maximum absolute atomic E-state index is 12.3. The molecule has 0 spiro atoms. The lowest BCUT2D eigenvalue weighted by atomic mass is 10.1. The molecule has 1 saturated carbocycles. The molecule has 86 valence electrons. The molecule has 1 aliphatic heterocycles. The van der Waals surface area contributed by atoms with Gasteiger partial charge < -0.3 is 10.6 Å². The molecule has 1 aromatic heterocycles. The van der Waals surface area contributed by atoms with Crippen LogP contribution in [0.2, 0.25) is 0 Å². The highest BCUT2D eigenvalue weighted by atomic mass is 32.1. The molecule has 2 N–H and O–H groups in total. The highest BCUT2D eigenvalue weighted by molar-refractivity contribution is 7.17. The topological polar surface area (TPSA) is 59.2 Å². The first-order chi connectivity index (χ1) is 7.65. The number of nitrogens with two attached hydrogens (primary N) is 1. The number of rotatable bonds is 1. The predicted octanol–water partition coefficient (Wildman–Crippen LogP) is 1.66. The van der Waals surface area contributed by atoms with Gasteiger partial charge in [0, 0.05) is 12.6 Å². The van der Waals surface area contributed by atoms with E-state index in [4.69, 9.17) is 5.73 Å². The highest BCUT2D eigenvalue weighted by Crippen LogP contribution is 2.38. The first-order valence-electron chi connectivity index (χ1n) is 5.69. The molecule has 2 bridgehead atoms. The summed E-state index contributed by atoms with van der Waals surface area (Å²) in [6, 6.07) is 0.472. The number of likely N-dealkylation sites (tertiary alicyclic amines) is 1. The number of aryl methyl sites for hydroxylation is 1. The van der Waals surface area contributed by atoms with Crippen molar-refractivity contribution >= 4 is 22.4 Å². The third-order valence-electron chi connectivity index (χ3n) is 3.68. The number of aromatic nitrogens is 1. The van der Waals surface area contributed by atoms with Gasteiger partial charge in [0.2, 0.25) is 0 Å². The van der Waals surface area contributed by atoms with Gasteiger partial charge in [-0.05, 0) is 32.1 Å². The van der Waals surface area contributed by atoms with Crippen molar-refractivity contribution in [1.29, 1.82) is 0 Å². The molecule has 2 unspecified atom stereocenters. The van der Waals surface area contributed by atoms with Gasteiger partial charge in [-0.2, -0.15) is 0 Å². The molecule has 1 saturated heterocycles. The van der Waals surface area contributed by atoms with E-state index < -0.39 is 0 Å². The number of nitrogens with zero attached hydrogens (tertiary/aromatic N) is 2. The zero-order valence-electron chi connectivity index (χ0n) is 9.27. The van der Waals surface area contributed by atoms with Gasteiger partial charge in [-0.25, -0.2) is 4.98 Å². The summed E-state index contributed by atoms with van der Waals surface area (Å²) in [5.74, 6) is 0.874. The molecule has 5 heteroatoms. The number of thiazole rings is 1. The Balaban J connectivity index is 1.86. The zero-order chi connectivity index (χ0) is 11.3. The Morgan fingerprint density at radius 3 is 2.88 bits per heavy atom. The van der Waals surface area contributed by atoms with E-state index in [-0.39, 0.29) is 5.91 Å². The van der Waals surface area contributed by atoms with Gasteiger partial charge in [0.05, 0.1) is 5.69 Å². The minimum absolute atomic E-state index is 0.138. The van der Waals surface area contributed by atoms with Crippen LogP contribution in [0, 0.1) is 12.8 Å². The molecule has 2 fully saturated rings. The van der Waals surface area contributed by atoms with Crippen molar-refractivity contribution < 1.29 is 4.79 Å². The average molecular weight is 237 g/mol. The third kappa shape index (κ3) is 1.42. The van der Waals surface area contributed by atoms with Gasteiger partial charge in [-0.3, -0.25) is 4.79 Å². The normalized spacial score (nSPS) is 27.7. The Bertz CT molecular complexity index is 442. The van der Waals surface area contributed by atoms with Crippen LogP contribution in [-0.2, 0) is 0 Å². The van der Waals surface area contributed by atoms with E-state index in [9.17, 15) is 4.79 Å². The van der Waals surface area contributed by atoms with Crippen molar-refractivity contribution in [2.75, 3.05) is 12.3 Å². The van der Waals surface area contributed by atoms with Crippen LogP contribution >= 0.6 is 11.3 Å². The first kappa shape index (κ1) is 10.1. The SMILES string of the molecule is Cc1nc(N)sc1C(=O)N1CC2CCC1C2. The Hall–Kier alpha value is -1.10. The number of hydrogen-bond acceptors (Lipinski definition) is 4. The van der Waals surface area contributed by atoms with Gasteiger partial charge in [0.15, 0.2) is 5.13 Å². The molecule has 1 amide bonds. The van der Waals surface area contributed by atoms with Crippen LogP contribution in [0.5, 0.6) is 0 Å². The predicted molar refractivity (Wildman–Crippen MR) is 63.4 cm³/mol. The van der Waals surface area contributed by atoms with Gasteiger partial charge in [0.1, 0.15) is 4.88 Å². The molecular weight excluding hydrogens is 222 g/mol. The lowest BCUT2D eigenvalue weighted by Crippen LogP contribution is -2.37. The number of anilines is 1. The summed E-state index contributed by atoms with van der Waals surface area (Å²) in [7, 11) is 0. The molecule has 1 aromatic rings. The number of nitrogen functional groups attached to an aromatic ring is 1. The number of hydrogen-bond donors (Lipinski definition) is 1. The molecule has 2 heterocycles. The minimum atomic E-state index is 0.138. The minimum Gasteiger partial charge on any atom is -0.375 e. The second-order valence-electron chi connectivity index (χ2n) is 4.76. The third-order valence-corrected chi connectivity index (χ3v) is 4.65. The van der Waals surface area contributed by atoms with Crippen molar-refractivity contribution in [2.45, 2.75) is 32.2 Å².